The lowest BCUT2D eigenvalue weighted by Gasteiger charge is -2.11. The molecule has 0 radical (unpaired) electrons. The van der Waals surface area contributed by atoms with E-state index in [0.717, 1.165) is 4.88 Å². The van der Waals surface area contributed by atoms with E-state index in [2.05, 4.69) is 4.98 Å². The maximum atomic E-state index is 13.1. The number of hydrogen-bond acceptors (Lipinski definition) is 4. The van der Waals surface area contributed by atoms with E-state index < -0.39 is 5.97 Å². The third-order valence-electron chi connectivity index (χ3n) is 4.11. The van der Waals surface area contributed by atoms with Crippen LogP contribution >= 0.6 is 11.3 Å². The average molecular weight is 374 g/mol. The first-order chi connectivity index (χ1) is 13.1. The zero-order valence-corrected chi connectivity index (χ0v) is 14.9. The van der Waals surface area contributed by atoms with Crippen LogP contribution in [0.3, 0.4) is 0 Å². The van der Waals surface area contributed by atoms with Crippen molar-refractivity contribution in [3.8, 4) is 5.69 Å². The van der Waals surface area contributed by atoms with Gasteiger partial charge in [-0.3, -0.25) is 9.36 Å². The monoisotopic (exact) mass is 374 g/mol. The van der Waals surface area contributed by atoms with Crippen LogP contribution in [0.1, 0.15) is 21.1 Å². The molecule has 0 bridgehead atoms. The molecule has 0 spiro atoms. The van der Waals surface area contributed by atoms with Gasteiger partial charge < -0.3 is 5.11 Å². The molecular formula is C21H14N2O3S. The van der Waals surface area contributed by atoms with E-state index in [1.165, 1.54) is 16.7 Å². The maximum absolute atomic E-state index is 13.1. The summed E-state index contributed by atoms with van der Waals surface area (Å²) >= 11 is 1.59. The molecule has 4 rings (SSSR count). The number of hydrogen-bond donors (Lipinski definition) is 1. The molecule has 0 atom stereocenters. The van der Waals surface area contributed by atoms with E-state index in [9.17, 15) is 9.59 Å². The summed E-state index contributed by atoms with van der Waals surface area (Å²) in [6, 6.07) is 17.3. The van der Waals surface area contributed by atoms with Gasteiger partial charge in [0.1, 0.15) is 5.82 Å². The van der Waals surface area contributed by atoms with Gasteiger partial charge in [0.25, 0.3) is 5.56 Å². The van der Waals surface area contributed by atoms with E-state index in [1.54, 1.807) is 47.7 Å². The van der Waals surface area contributed by atoms with Gasteiger partial charge in [-0.05, 0) is 60.0 Å². The molecule has 1 N–H and O–H groups in total. The van der Waals surface area contributed by atoms with Crippen LogP contribution in [0, 0.1) is 0 Å². The number of aromatic nitrogens is 2. The predicted octanol–water partition coefficient (Wildman–Crippen LogP) is 4.32. The Bertz CT molecular complexity index is 1210. The van der Waals surface area contributed by atoms with Crippen molar-refractivity contribution in [3.05, 3.63) is 92.7 Å². The number of rotatable bonds is 4. The van der Waals surface area contributed by atoms with Gasteiger partial charge in [-0.1, -0.05) is 18.2 Å². The smallest absolute Gasteiger partial charge is 0.335 e. The van der Waals surface area contributed by atoms with Gasteiger partial charge in [0.05, 0.1) is 22.2 Å². The highest BCUT2D eigenvalue weighted by Gasteiger charge is 2.12. The quantitative estimate of drug-likeness (QED) is 0.578. The number of nitrogens with zero attached hydrogens (tertiary/aromatic N) is 2. The van der Waals surface area contributed by atoms with Crippen LogP contribution in [-0.4, -0.2) is 20.6 Å². The number of para-hydroxylation sites is 1. The van der Waals surface area contributed by atoms with Crippen molar-refractivity contribution < 1.29 is 9.90 Å². The molecule has 0 aliphatic carbocycles. The summed E-state index contributed by atoms with van der Waals surface area (Å²) in [5, 5.41) is 11.6. The maximum Gasteiger partial charge on any atom is 0.335 e. The predicted molar refractivity (Wildman–Crippen MR) is 108 cm³/mol. The Balaban J connectivity index is 1.93. The Morgan fingerprint density at radius 3 is 2.48 bits per heavy atom. The lowest BCUT2D eigenvalue weighted by atomic mass is 10.2. The molecule has 0 amide bonds. The Morgan fingerprint density at radius 1 is 1.00 bits per heavy atom. The molecule has 4 aromatic rings. The standard InChI is InChI=1S/C21H14N2O3S/c24-20-17-5-1-2-6-18(17)22-19(12-11-16-4-3-13-27-16)23(20)15-9-7-14(8-10-15)21(25)26/h1-13H,(H,25,26)/b12-11+. The van der Waals surface area contributed by atoms with E-state index in [1.807, 2.05) is 29.7 Å². The lowest BCUT2D eigenvalue weighted by molar-refractivity contribution is 0.0697. The Morgan fingerprint density at radius 2 is 1.78 bits per heavy atom. The molecule has 27 heavy (non-hydrogen) atoms. The van der Waals surface area contributed by atoms with Crippen molar-refractivity contribution in [1.82, 2.24) is 9.55 Å². The van der Waals surface area contributed by atoms with Crippen LogP contribution in [0.2, 0.25) is 0 Å². The molecule has 0 saturated carbocycles. The summed E-state index contributed by atoms with van der Waals surface area (Å²) in [6.07, 6.45) is 3.70. The largest absolute Gasteiger partial charge is 0.478 e. The molecular weight excluding hydrogens is 360 g/mol. The summed E-state index contributed by atoms with van der Waals surface area (Å²) in [5.41, 5.74) is 1.14. The van der Waals surface area contributed by atoms with Crippen LogP contribution in [-0.2, 0) is 0 Å². The van der Waals surface area contributed by atoms with Crippen molar-refractivity contribution in [2.45, 2.75) is 0 Å². The average Bonchev–Trinajstić information content (AvgIpc) is 3.20. The first-order valence-electron chi connectivity index (χ1n) is 8.20. The minimum absolute atomic E-state index is 0.163. The van der Waals surface area contributed by atoms with E-state index in [0.29, 0.717) is 22.4 Å². The van der Waals surface area contributed by atoms with Crippen LogP contribution in [0.5, 0.6) is 0 Å². The highest BCUT2D eigenvalue weighted by molar-refractivity contribution is 7.10. The summed E-state index contributed by atoms with van der Waals surface area (Å²) in [5.74, 6) is -0.529. The van der Waals surface area contributed by atoms with Crippen LogP contribution in [0.15, 0.2) is 70.8 Å². The van der Waals surface area contributed by atoms with Gasteiger partial charge in [-0.25, -0.2) is 9.78 Å². The van der Waals surface area contributed by atoms with Crippen molar-refractivity contribution in [2.24, 2.45) is 0 Å². The summed E-state index contributed by atoms with van der Waals surface area (Å²) in [7, 11) is 0. The number of carboxylic acids is 1. The fraction of sp³-hybridized carbons (Fsp3) is 0. The first kappa shape index (κ1) is 16.9. The molecule has 0 fully saturated rings. The number of fused-ring (bicyclic) bond motifs is 1. The normalized spacial score (nSPS) is 11.3. The second-order valence-electron chi connectivity index (χ2n) is 5.83. The fourth-order valence-corrected chi connectivity index (χ4v) is 3.43. The third-order valence-corrected chi connectivity index (χ3v) is 4.95. The molecule has 132 valence electrons. The van der Waals surface area contributed by atoms with Gasteiger partial charge in [0.15, 0.2) is 0 Å². The molecule has 2 heterocycles. The molecule has 5 nitrogen and oxygen atoms in total. The topological polar surface area (TPSA) is 72.2 Å². The summed E-state index contributed by atoms with van der Waals surface area (Å²) in [6.45, 7) is 0. The molecule has 0 aliphatic rings. The number of thiophene rings is 1. The molecule has 0 aliphatic heterocycles. The van der Waals surface area contributed by atoms with Crippen LogP contribution in [0.25, 0.3) is 28.7 Å². The molecule has 0 unspecified atom stereocenters. The summed E-state index contributed by atoms with van der Waals surface area (Å²) < 4.78 is 1.50. The van der Waals surface area contributed by atoms with Crippen molar-refractivity contribution in [1.29, 1.82) is 0 Å². The second-order valence-corrected chi connectivity index (χ2v) is 6.81. The van der Waals surface area contributed by atoms with E-state index >= 15 is 0 Å². The lowest BCUT2D eigenvalue weighted by Crippen LogP contribution is -2.22. The molecule has 6 heteroatoms. The first-order valence-corrected chi connectivity index (χ1v) is 9.08. The SMILES string of the molecule is O=C(O)c1ccc(-n2c(/C=C/c3cccs3)nc3ccccc3c2=O)cc1. The van der Waals surface area contributed by atoms with Gasteiger partial charge in [-0.15, -0.1) is 11.3 Å². The van der Waals surface area contributed by atoms with Gasteiger partial charge >= 0.3 is 5.97 Å². The van der Waals surface area contributed by atoms with Crippen molar-refractivity contribution in [2.75, 3.05) is 0 Å². The second kappa shape index (κ2) is 7.01. The Kier molecular flexibility index (Phi) is 4.40. The minimum atomic E-state index is -1.01. The number of benzene rings is 2. The zero-order chi connectivity index (χ0) is 18.8. The third kappa shape index (κ3) is 3.30. The Labute approximate surface area is 158 Å². The highest BCUT2D eigenvalue weighted by Crippen LogP contribution is 2.17. The highest BCUT2D eigenvalue weighted by atomic mass is 32.1. The van der Waals surface area contributed by atoms with Gasteiger partial charge in [0.2, 0.25) is 0 Å². The van der Waals surface area contributed by atoms with Gasteiger partial charge in [-0.2, -0.15) is 0 Å². The molecule has 0 saturated heterocycles. The van der Waals surface area contributed by atoms with Crippen molar-refractivity contribution >= 4 is 40.4 Å². The van der Waals surface area contributed by atoms with Crippen LogP contribution in [0.4, 0.5) is 0 Å². The zero-order valence-electron chi connectivity index (χ0n) is 14.1. The van der Waals surface area contributed by atoms with Gasteiger partial charge in [0, 0.05) is 4.88 Å². The number of aromatic carboxylic acids is 1. The van der Waals surface area contributed by atoms with Crippen molar-refractivity contribution in [3.63, 3.8) is 0 Å². The minimum Gasteiger partial charge on any atom is -0.478 e. The van der Waals surface area contributed by atoms with E-state index in [-0.39, 0.29) is 11.1 Å². The van der Waals surface area contributed by atoms with E-state index in [4.69, 9.17) is 5.11 Å². The number of carboxylic acid groups (broad SMARTS) is 1. The Hall–Kier alpha value is -3.51. The fourth-order valence-electron chi connectivity index (χ4n) is 2.81. The summed E-state index contributed by atoms with van der Waals surface area (Å²) in [4.78, 5) is 29.9. The van der Waals surface area contributed by atoms with Crippen LogP contribution < -0.4 is 5.56 Å². The molecule has 2 aromatic heterocycles. The number of carbonyl (C=O) groups is 1. The molecule has 2 aromatic carbocycles.